The summed E-state index contributed by atoms with van der Waals surface area (Å²) in [6.07, 6.45) is 6.40. The van der Waals surface area contributed by atoms with Gasteiger partial charge in [0.25, 0.3) is 5.95 Å². The summed E-state index contributed by atoms with van der Waals surface area (Å²) in [6.45, 7) is 0. The molecule has 3 rings (SSSR count). The summed E-state index contributed by atoms with van der Waals surface area (Å²) in [5, 5.41) is 13.2. The first-order valence-electron chi connectivity index (χ1n) is 5.85. The first-order chi connectivity index (χ1) is 9.42. The van der Waals surface area contributed by atoms with Crippen molar-refractivity contribution in [1.82, 2.24) is 25.0 Å². The van der Waals surface area contributed by atoms with Crippen molar-refractivity contribution in [2.45, 2.75) is 24.0 Å². The molecule has 10 heteroatoms. The van der Waals surface area contributed by atoms with Gasteiger partial charge in [-0.05, 0) is 35.2 Å². The molecule has 2 aromatic rings. The molecule has 1 fully saturated rings. The molecule has 0 atom stereocenters. The molecule has 8 nitrogen and oxygen atoms in total. The van der Waals surface area contributed by atoms with Crippen LogP contribution in [0.5, 0.6) is 0 Å². The number of nitrogens with two attached hydrogens (primary N) is 1. The standard InChI is InChI=1S/C10H11BrN6O2S/c11-7-4-13-9(14-5-7)17-6-8(15-16-17)10(2-1-3-10)20(12,18)19/h4-6H,1-3H2,(H2,12,18,19). The second-order valence-corrected chi connectivity index (χ2v) is 7.43. The van der Waals surface area contributed by atoms with Crippen molar-refractivity contribution in [1.29, 1.82) is 0 Å². The molecule has 1 aliphatic rings. The highest BCUT2D eigenvalue weighted by Gasteiger charge is 2.51. The van der Waals surface area contributed by atoms with Crippen LogP contribution in [0.2, 0.25) is 0 Å². The lowest BCUT2D eigenvalue weighted by Gasteiger charge is -2.37. The van der Waals surface area contributed by atoms with E-state index in [-0.39, 0.29) is 0 Å². The number of rotatable bonds is 3. The molecule has 0 aromatic carbocycles. The van der Waals surface area contributed by atoms with Crippen molar-refractivity contribution >= 4 is 26.0 Å². The normalized spacial score (nSPS) is 17.7. The van der Waals surface area contributed by atoms with Gasteiger partial charge in [0, 0.05) is 12.4 Å². The van der Waals surface area contributed by atoms with Crippen LogP contribution in [0, 0.1) is 0 Å². The van der Waals surface area contributed by atoms with Gasteiger partial charge in [-0.3, -0.25) is 0 Å². The van der Waals surface area contributed by atoms with E-state index in [4.69, 9.17) is 5.14 Å². The van der Waals surface area contributed by atoms with E-state index in [0.29, 0.717) is 24.5 Å². The van der Waals surface area contributed by atoms with Crippen molar-refractivity contribution in [2.24, 2.45) is 5.14 Å². The number of hydrogen-bond acceptors (Lipinski definition) is 6. The van der Waals surface area contributed by atoms with Gasteiger partial charge in [0.1, 0.15) is 10.4 Å². The number of halogens is 1. The Morgan fingerprint density at radius 3 is 2.45 bits per heavy atom. The molecular weight excluding hydrogens is 348 g/mol. The van der Waals surface area contributed by atoms with E-state index in [1.165, 1.54) is 10.9 Å². The highest BCUT2D eigenvalue weighted by molar-refractivity contribution is 9.10. The SMILES string of the molecule is NS(=O)(=O)C1(c2cn(-c3ncc(Br)cn3)nn2)CCC1. The summed E-state index contributed by atoms with van der Waals surface area (Å²) in [7, 11) is -3.72. The van der Waals surface area contributed by atoms with Crippen LogP contribution < -0.4 is 5.14 Å². The Hall–Kier alpha value is -1.39. The predicted octanol–water partition coefficient (Wildman–Crippen LogP) is 0.487. The summed E-state index contributed by atoms with van der Waals surface area (Å²) in [4.78, 5) is 8.14. The predicted molar refractivity (Wildman–Crippen MR) is 73.3 cm³/mol. The van der Waals surface area contributed by atoms with E-state index in [9.17, 15) is 8.42 Å². The fraction of sp³-hybridized carbons (Fsp3) is 0.400. The monoisotopic (exact) mass is 358 g/mol. The number of aromatic nitrogens is 5. The molecule has 0 radical (unpaired) electrons. The first-order valence-corrected chi connectivity index (χ1v) is 8.19. The van der Waals surface area contributed by atoms with Gasteiger partial charge < -0.3 is 0 Å². The van der Waals surface area contributed by atoms with Gasteiger partial charge in [0.15, 0.2) is 0 Å². The molecule has 1 saturated carbocycles. The van der Waals surface area contributed by atoms with Crippen LogP contribution in [-0.2, 0) is 14.8 Å². The smallest absolute Gasteiger partial charge is 0.228 e. The summed E-state index contributed by atoms with van der Waals surface area (Å²) >= 11 is 3.24. The Morgan fingerprint density at radius 2 is 1.95 bits per heavy atom. The van der Waals surface area contributed by atoms with Gasteiger partial charge in [0.05, 0.1) is 10.7 Å². The summed E-state index contributed by atoms with van der Waals surface area (Å²) in [5.41, 5.74) is 0.345. The molecule has 20 heavy (non-hydrogen) atoms. The molecule has 1 aliphatic carbocycles. The van der Waals surface area contributed by atoms with Crippen LogP contribution >= 0.6 is 15.9 Å². The molecule has 2 N–H and O–H groups in total. The van der Waals surface area contributed by atoms with E-state index in [2.05, 4.69) is 36.2 Å². The molecule has 0 amide bonds. The van der Waals surface area contributed by atoms with Crippen LogP contribution in [0.25, 0.3) is 5.95 Å². The van der Waals surface area contributed by atoms with E-state index < -0.39 is 14.8 Å². The van der Waals surface area contributed by atoms with Crippen LogP contribution in [0.15, 0.2) is 23.1 Å². The maximum Gasteiger partial charge on any atom is 0.251 e. The van der Waals surface area contributed by atoms with Crippen molar-refractivity contribution < 1.29 is 8.42 Å². The zero-order valence-corrected chi connectivity index (χ0v) is 12.7. The third-order valence-electron chi connectivity index (χ3n) is 3.48. The summed E-state index contributed by atoms with van der Waals surface area (Å²) in [6, 6.07) is 0. The van der Waals surface area contributed by atoms with Crippen LogP contribution in [0.1, 0.15) is 25.0 Å². The van der Waals surface area contributed by atoms with E-state index in [1.807, 2.05) is 0 Å². The second-order valence-electron chi connectivity index (χ2n) is 4.64. The Labute approximate surface area is 123 Å². The van der Waals surface area contributed by atoms with Crippen molar-refractivity contribution in [2.75, 3.05) is 0 Å². The number of sulfonamides is 1. The van der Waals surface area contributed by atoms with Crippen molar-refractivity contribution in [3.63, 3.8) is 0 Å². The average molecular weight is 359 g/mol. The Kier molecular flexibility index (Phi) is 3.10. The topological polar surface area (TPSA) is 117 Å². The fourth-order valence-electron chi connectivity index (χ4n) is 2.18. The largest absolute Gasteiger partial charge is 0.251 e. The second kappa shape index (κ2) is 4.57. The Bertz CT molecular complexity index is 737. The van der Waals surface area contributed by atoms with Crippen LogP contribution in [-0.4, -0.2) is 33.4 Å². The van der Waals surface area contributed by atoms with Crippen molar-refractivity contribution in [3.05, 3.63) is 28.8 Å². The molecular formula is C10H11BrN6O2S. The van der Waals surface area contributed by atoms with Gasteiger partial charge in [0.2, 0.25) is 10.0 Å². The van der Waals surface area contributed by atoms with Gasteiger partial charge in [-0.2, -0.15) is 4.68 Å². The minimum atomic E-state index is -3.72. The lowest BCUT2D eigenvalue weighted by Crippen LogP contribution is -2.46. The average Bonchev–Trinajstić information content (AvgIpc) is 2.76. The van der Waals surface area contributed by atoms with Gasteiger partial charge in [-0.1, -0.05) is 5.21 Å². The Balaban J connectivity index is 2.00. The summed E-state index contributed by atoms with van der Waals surface area (Å²) in [5.74, 6) is 0.316. The Morgan fingerprint density at radius 1 is 1.30 bits per heavy atom. The molecule has 106 valence electrons. The minimum absolute atomic E-state index is 0.316. The molecule has 0 aliphatic heterocycles. The fourth-order valence-corrected chi connectivity index (χ4v) is 3.63. The van der Waals surface area contributed by atoms with E-state index in [1.54, 1.807) is 12.4 Å². The molecule has 2 heterocycles. The lowest BCUT2D eigenvalue weighted by atomic mass is 9.82. The highest BCUT2D eigenvalue weighted by Crippen LogP contribution is 2.45. The number of nitrogens with zero attached hydrogens (tertiary/aromatic N) is 5. The van der Waals surface area contributed by atoms with Crippen molar-refractivity contribution in [3.8, 4) is 5.95 Å². The zero-order valence-electron chi connectivity index (χ0n) is 10.3. The maximum absolute atomic E-state index is 11.8. The first kappa shape index (κ1) is 13.6. The quantitative estimate of drug-likeness (QED) is 0.852. The minimum Gasteiger partial charge on any atom is -0.228 e. The number of primary sulfonamides is 1. The van der Waals surface area contributed by atoms with Gasteiger partial charge in [-0.25, -0.2) is 23.5 Å². The maximum atomic E-state index is 11.8. The zero-order chi connectivity index (χ0) is 14.4. The van der Waals surface area contributed by atoms with Gasteiger partial charge >= 0.3 is 0 Å². The lowest BCUT2D eigenvalue weighted by molar-refractivity contribution is 0.337. The number of hydrogen-bond donors (Lipinski definition) is 1. The van der Waals surface area contributed by atoms with Crippen LogP contribution in [0.4, 0.5) is 0 Å². The third-order valence-corrected chi connectivity index (χ3v) is 5.59. The summed E-state index contributed by atoms with van der Waals surface area (Å²) < 4.78 is 24.5. The molecule has 0 spiro atoms. The van der Waals surface area contributed by atoms with E-state index >= 15 is 0 Å². The third kappa shape index (κ3) is 2.03. The van der Waals surface area contributed by atoms with Gasteiger partial charge in [-0.15, -0.1) is 5.10 Å². The highest BCUT2D eigenvalue weighted by atomic mass is 79.9. The van der Waals surface area contributed by atoms with Crippen LogP contribution in [0.3, 0.4) is 0 Å². The molecule has 0 unspecified atom stereocenters. The molecule has 0 saturated heterocycles. The van der Waals surface area contributed by atoms with E-state index in [0.717, 1.165) is 10.9 Å². The molecule has 0 bridgehead atoms. The molecule has 2 aromatic heterocycles.